The normalized spacial score (nSPS) is 17.2. The highest BCUT2D eigenvalue weighted by Crippen LogP contribution is 2.32. The maximum absolute atomic E-state index is 13.3. The monoisotopic (exact) mass is 385 g/mol. The molecule has 0 bridgehead atoms. The summed E-state index contributed by atoms with van der Waals surface area (Å²) in [5, 5.41) is 4.28. The summed E-state index contributed by atoms with van der Waals surface area (Å²) in [6.07, 6.45) is 4.03. The molecule has 150 valence electrons. The van der Waals surface area contributed by atoms with Crippen LogP contribution in [0.1, 0.15) is 47.8 Å². The number of amides is 1. The predicted octanol–water partition coefficient (Wildman–Crippen LogP) is 2.66. The molecule has 7 nitrogen and oxygen atoms in total. The quantitative estimate of drug-likeness (QED) is 0.764. The van der Waals surface area contributed by atoms with Crippen LogP contribution in [0.5, 0.6) is 5.75 Å². The van der Waals surface area contributed by atoms with Crippen molar-refractivity contribution in [3.05, 3.63) is 58.0 Å². The molecule has 1 saturated heterocycles. The van der Waals surface area contributed by atoms with Crippen molar-refractivity contribution in [2.75, 3.05) is 27.4 Å². The molecule has 0 spiro atoms. The second kappa shape index (κ2) is 9.50. The van der Waals surface area contributed by atoms with Crippen molar-refractivity contribution in [2.24, 2.45) is 0 Å². The molecular weight excluding hydrogens is 358 g/mol. The number of hydrogen-bond donors (Lipinski definition) is 0. The van der Waals surface area contributed by atoms with Gasteiger partial charge < -0.3 is 14.4 Å². The summed E-state index contributed by atoms with van der Waals surface area (Å²) in [6.45, 7) is 1.36. The molecule has 28 heavy (non-hydrogen) atoms. The summed E-state index contributed by atoms with van der Waals surface area (Å²) in [4.78, 5) is 27.2. The molecule has 1 atom stereocenters. The Balaban J connectivity index is 1.89. The van der Waals surface area contributed by atoms with Gasteiger partial charge in [0.1, 0.15) is 11.4 Å². The highest BCUT2D eigenvalue weighted by Gasteiger charge is 2.28. The van der Waals surface area contributed by atoms with Gasteiger partial charge in [-0.2, -0.15) is 5.10 Å². The number of carbonyl (C=O) groups is 1. The standard InChI is InChI=1S/C21H27N3O4/c1-27-15-14-24-20(25)12-11-18(22-24)21(26)23-13-5-3-4-6-19(23)16-7-9-17(28-2)10-8-16/h7-12,19H,3-6,13-15H2,1-2H3. The number of methoxy groups -OCH3 is 2. The predicted molar refractivity (Wildman–Crippen MR) is 106 cm³/mol. The van der Waals surface area contributed by atoms with Gasteiger partial charge >= 0.3 is 0 Å². The first-order valence-corrected chi connectivity index (χ1v) is 9.66. The van der Waals surface area contributed by atoms with E-state index in [1.54, 1.807) is 14.2 Å². The Morgan fingerprint density at radius 1 is 1.11 bits per heavy atom. The lowest BCUT2D eigenvalue weighted by Gasteiger charge is -2.30. The van der Waals surface area contributed by atoms with Crippen molar-refractivity contribution >= 4 is 5.91 Å². The van der Waals surface area contributed by atoms with Gasteiger partial charge in [0.2, 0.25) is 0 Å². The molecule has 0 saturated carbocycles. The summed E-state index contributed by atoms with van der Waals surface area (Å²) in [6, 6.07) is 10.8. The Hall–Kier alpha value is -2.67. The van der Waals surface area contributed by atoms with E-state index in [1.807, 2.05) is 29.2 Å². The number of carbonyl (C=O) groups excluding carboxylic acids is 1. The smallest absolute Gasteiger partial charge is 0.274 e. The van der Waals surface area contributed by atoms with Gasteiger partial charge in [0.25, 0.3) is 11.5 Å². The van der Waals surface area contributed by atoms with Crippen LogP contribution in [0.15, 0.2) is 41.2 Å². The lowest BCUT2D eigenvalue weighted by atomic mass is 10.0. The van der Waals surface area contributed by atoms with Crippen LogP contribution in [0.3, 0.4) is 0 Å². The molecule has 7 heteroatoms. The molecule has 2 heterocycles. The van der Waals surface area contributed by atoms with Crippen molar-refractivity contribution in [3.63, 3.8) is 0 Å². The van der Waals surface area contributed by atoms with E-state index in [1.165, 1.54) is 16.8 Å². The van der Waals surface area contributed by atoms with E-state index in [9.17, 15) is 9.59 Å². The van der Waals surface area contributed by atoms with Crippen LogP contribution in [0, 0.1) is 0 Å². The van der Waals surface area contributed by atoms with Gasteiger partial charge in [-0.05, 0) is 36.6 Å². The molecule has 3 rings (SSSR count). The first-order chi connectivity index (χ1) is 13.6. The van der Waals surface area contributed by atoms with Crippen LogP contribution in [-0.4, -0.2) is 48.0 Å². The minimum absolute atomic E-state index is 0.0120. The number of benzene rings is 1. The van der Waals surface area contributed by atoms with Crippen molar-refractivity contribution < 1.29 is 14.3 Å². The summed E-state index contributed by atoms with van der Waals surface area (Å²) in [7, 11) is 3.21. The van der Waals surface area contributed by atoms with Crippen molar-refractivity contribution in [3.8, 4) is 5.75 Å². The third kappa shape index (κ3) is 4.59. The third-order valence-electron chi connectivity index (χ3n) is 5.11. The fraction of sp³-hybridized carbons (Fsp3) is 0.476. The van der Waals surface area contributed by atoms with Gasteiger partial charge in [0.15, 0.2) is 0 Å². The Labute approximate surface area is 164 Å². The number of rotatable bonds is 6. The Kier molecular flexibility index (Phi) is 6.81. The minimum atomic E-state index is -0.240. The van der Waals surface area contributed by atoms with Crippen LogP contribution in [-0.2, 0) is 11.3 Å². The van der Waals surface area contributed by atoms with Gasteiger partial charge in [0.05, 0.1) is 26.3 Å². The molecule has 1 amide bonds. The van der Waals surface area contributed by atoms with E-state index < -0.39 is 0 Å². The lowest BCUT2D eigenvalue weighted by molar-refractivity contribution is 0.0671. The van der Waals surface area contributed by atoms with Gasteiger partial charge in [-0.3, -0.25) is 9.59 Å². The zero-order valence-corrected chi connectivity index (χ0v) is 16.5. The second-order valence-electron chi connectivity index (χ2n) is 6.91. The summed E-state index contributed by atoms with van der Waals surface area (Å²) >= 11 is 0. The molecule has 1 unspecified atom stereocenters. The van der Waals surface area contributed by atoms with Crippen molar-refractivity contribution in [1.29, 1.82) is 0 Å². The molecule has 0 aliphatic carbocycles. The van der Waals surface area contributed by atoms with Crippen LogP contribution in [0.2, 0.25) is 0 Å². The molecule has 1 aliphatic heterocycles. The van der Waals surface area contributed by atoms with Crippen LogP contribution >= 0.6 is 0 Å². The first-order valence-electron chi connectivity index (χ1n) is 9.66. The van der Waals surface area contributed by atoms with E-state index in [2.05, 4.69) is 5.10 Å². The SMILES string of the molecule is COCCn1nc(C(=O)N2CCCCCC2c2ccc(OC)cc2)ccc1=O. The molecule has 1 aromatic heterocycles. The van der Waals surface area contributed by atoms with E-state index in [-0.39, 0.29) is 23.2 Å². The molecular formula is C21H27N3O4. The average molecular weight is 385 g/mol. The fourth-order valence-corrected chi connectivity index (χ4v) is 3.57. The van der Waals surface area contributed by atoms with Gasteiger partial charge in [-0.25, -0.2) is 4.68 Å². The summed E-state index contributed by atoms with van der Waals surface area (Å²) < 4.78 is 11.6. The van der Waals surface area contributed by atoms with Gasteiger partial charge in [-0.15, -0.1) is 0 Å². The number of aromatic nitrogens is 2. The Morgan fingerprint density at radius 2 is 1.89 bits per heavy atom. The van der Waals surface area contributed by atoms with Crippen LogP contribution < -0.4 is 10.3 Å². The van der Waals surface area contributed by atoms with Gasteiger partial charge in [0, 0.05) is 19.7 Å². The summed E-state index contributed by atoms with van der Waals surface area (Å²) in [5.41, 5.74) is 1.14. The molecule has 2 aromatic rings. The first kappa shape index (κ1) is 20.1. The largest absolute Gasteiger partial charge is 0.497 e. The molecule has 1 aromatic carbocycles. The van der Waals surface area contributed by atoms with Crippen LogP contribution in [0.4, 0.5) is 0 Å². The Bertz CT molecular complexity index is 847. The minimum Gasteiger partial charge on any atom is -0.497 e. The third-order valence-corrected chi connectivity index (χ3v) is 5.11. The zero-order chi connectivity index (χ0) is 19.9. The van der Waals surface area contributed by atoms with Gasteiger partial charge in [-0.1, -0.05) is 25.0 Å². The summed E-state index contributed by atoms with van der Waals surface area (Å²) in [5.74, 6) is 0.649. The lowest BCUT2D eigenvalue weighted by Crippen LogP contribution is -2.37. The maximum atomic E-state index is 13.3. The zero-order valence-electron chi connectivity index (χ0n) is 16.5. The number of ether oxygens (including phenoxy) is 2. The highest BCUT2D eigenvalue weighted by molar-refractivity contribution is 5.92. The number of hydrogen-bond acceptors (Lipinski definition) is 5. The molecule has 0 radical (unpaired) electrons. The van der Waals surface area contributed by atoms with Crippen molar-refractivity contribution in [2.45, 2.75) is 38.3 Å². The van der Waals surface area contributed by atoms with Crippen molar-refractivity contribution in [1.82, 2.24) is 14.7 Å². The van der Waals surface area contributed by atoms with E-state index in [4.69, 9.17) is 9.47 Å². The van der Waals surface area contributed by atoms with E-state index >= 15 is 0 Å². The van der Waals surface area contributed by atoms with E-state index in [0.29, 0.717) is 19.7 Å². The Morgan fingerprint density at radius 3 is 2.61 bits per heavy atom. The second-order valence-corrected chi connectivity index (χ2v) is 6.91. The highest BCUT2D eigenvalue weighted by atomic mass is 16.5. The molecule has 0 N–H and O–H groups in total. The number of likely N-dealkylation sites (tertiary alicyclic amines) is 1. The number of nitrogens with zero attached hydrogens (tertiary/aromatic N) is 3. The fourth-order valence-electron chi connectivity index (χ4n) is 3.57. The average Bonchev–Trinajstić information content (AvgIpc) is 2.99. The molecule has 1 aliphatic rings. The van der Waals surface area contributed by atoms with E-state index in [0.717, 1.165) is 37.0 Å². The topological polar surface area (TPSA) is 73.7 Å². The molecule has 1 fully saturated rings. The maximum Gasteiger partial charge on any atom is 0.274 e. The van der Waals surface area contributed by atoms with Crippen LogP contribution in [0.25, 0.3) is 0 Å².